The number of hydrogen-bond acceptors (Lipinski definition) is 8. The van der Waals surface area contributed by atoms with E-state index in [1.165, 1.54) is 23.6 Å². The van der Waals surface area contributed by atoms with Crippen molar-refractivity contribution in [3.8, 4) is 0 Å². The van der Waals surface area contributed by atoms with Crippen LogP contribution in [0, 0.1) is 52.3 Å². The number of allylic oxidation sites excluding steroid dienone is 2. The number of esters is 1. The molecule has 7 unspecified atom stereocenters. The molecular weight excluding hydrogens is 596 g/mol. The molecule has 8 aliphatic rings. The van der Waals surface area contributed by atoms with Gasteiger partial charge in [-0.15, -0.1) is 0 Å². The van der Waals surface area contributed by atoms with E-state index < -0.39 is 18.3 Å². The standard InChI is InChI=1S/C20H30O5.C19H30O3/c1-10(21)25-19-17(24)9-15-18-14(5-6-20(15,19)2)13-4-3-12(22)7-11(13)8-16(18)23;1-10-7-15-17-14(5-6-19(15,2)18(10)22)13-4-3-12(20)8-11(13)9-16(17)21/h12,14-19,22-24H,3-9H2,1-2H3;10,12,14-18,20-22H,3-9H2,1-2H3/t12-,14?,15?,16-,17+,18?,19-,20-;10?,12-,14?,15?,16-,17?,18-,19-/m00/s1. The highest BCUT2D eigenvalue weighted by Gasteiger charge is 2.62. The van der Waals surface area contributed by atoms with E-state index in [2.05, 4.69) is 20.8 Å². The molecule has 6 N–H and O–H groups in total. The molecule has 8 heteroatoms. The first kappa shape index (κ1) is 34.2. The fourth-order valence-corrected chi connectivity index (χ4v) is 13.1. The molecular formula is C39H60O8. The Morgan fingerprint density at radius 3 is 1.68 bits per heavy atom. The zero-order valence-electron chi connectivity index (χ0n) is 29.0. The van der Waals surface area contributed by atoms with Crippen molar-refractivity contribution in [2.24, 2.45) is 52.3 Å². The van der Waals surface area contributed by atoms with E-state index >= 15 is 0 Å². The summed E-state index contributed by atoms with van der Waals surface area (Å²) >= 11 is 0. The average Bonchev–Trinajstić information content (AvgIpc) is 3.39. The van der Waals surface area contributed by atoms with Crippen molar-refractivity contribution in [2.75, 3.05) is 0 Å². The second-order valence-corrected chi connectivity index (χ2v) is 17.8. The lowest BCUT2D eigenvalue weighted by atomic mass is 9.53. The Bertz CT molecular complexity index is 1290. The van der Waals surface area contributed by atoms with Crippen molar-refractivity contribution >= 4 is 5.97 Å². The second-order valence-electron chi connectivity index (χ2n) is 17.8. The third kappa shape index (κ3) is 5.60. The summed E-state index contributed by atoms with van der Waals surface area (Å²) in [5, 5.41) is 63.0. The SMILES string of the molecule is CC(=O)O[C@H]1[C@H](O)CC2C3C(CC[C@@]21C)C1=C(C[C@@H](O)CC1)C[C@@H]3O.CC1CC2C3C(CC[C@]2(C)[C@H]1O)C1=C(C[C@@H](O)CC1)C[C@@H]3O. The normalized spacial score (nSPS) is 51.8. The van der Waals surface area contributed by atoms with E-state index in [1.54, 1.807) is 5.57 Å². The number of carbonyl (C=O) groups excluding carboxylic acids is 1. The van der Waals surface area contributed by atoms with Crippen LogP contribution < -0.4 is 0 Å². The van der Waals surface area contributed by atoms with Crippen molar-refractivity contribution in [3.05, 3.63) is 22.3 Å². The van der Waals surface area contributed by atoms with Gasteiger partial charge in [0.25, 0.3) is 0 Å². The predicted molar refractivity (Wildman–Crippen MR) is 177 cm³/mol. The number of aliphatic hydroxyl groups excluding tert-OH is 6. The highest BCUT2D eigenvalue weighted by molar-refractivity contribution is 5.66. The van der Waals surface area contributed by atoms with Crippen molar-refractivity contribution in [3.63, 3.8) is 0 Å². The van der Waals surface area contributed by atoms with Gasteiger partial charge in [0.2, 0.25) is 0 Å². The maximum atomic E-state index is 11.5. The fourth-order valence-electron chi connectivity index (χ4n) is 13.1. The lowest BCUT2D eigenvalue weighted by molar-refractivity contribution is -0.163. The summed E-state index contributed by atoms with van der Waals surface area (Å²) in [5.74, 6) is 1.94. The van der Waals surface area contributed by atoms with Crippen LogP contribution in [0.5, 0.6) is 0 Å². The molecule has 264 valence electrons. The molecule has 0 aromatic carbocycles. The maximum Gasteiger partial charge on any atom is 0.303 e. The maximum absolute atomic E-state index is 11.5. The monoisotopic (exact) mass is 656 g/mol. The molecule has 8 nitrogen and oxygen atoms in total. The van der Waals surface area contributed by atoms with Crippen LogP contribution in [-0.4, -0.2) is 79.3 Å². The smallest absolute Gasteiger partial charge is 0.303 e. The molecule has 47 heavy (non-hydrogen) atoms. The molecule has 0 aromatic heterocycles. The Morgan fingerprint density at radius 1 is 0.681 bits per heavy atom. The van der Waals surface area contributed by atoms with E-state index in [0.717, 1.165) is 70.6 Å². The molecule has 0 spiro atoms. The van der Waals surface area contributed by atoms with Gasteiger partial charge < -0.3 is 35.4 Å². The number of aliphatic hydroxyl groups is 6. The molecule has 4 fully saturated rings. The largest absolute Gasteiger partial charge is 0.459 e. The van der Waals surface area contributed by atoms with Gasteiger partial charge in [0.1, 0.15) is 6.10 Å². The highest BCUT2D eigenvalue weighted by Crippen LogP contribution is 2.63. The lowest BCUT2D eigenvalue weighted by Gasteiger charge is -2.53. The van der Waals surface area contributed by atoms with Crippen LogP contribution in [0.15, 0.2) is 22.3 Å². The summed E-state index contributed by atoms with van der Waals surface area (Å²) in [6.45, 7) is 7.94. The van der Waals surface area contributed by atoms with Gasteiger partial charge in [0, 0.05) is 12.3 Å². The summed E-state index contributed by atoms with van der Waals surface area (Å²) in [6, 6.07) is 0. The molecule has 8 rings (SSSR count). The van der Waals surface area contributed by atoms with Gasteiger partial charge in [0.05, 0.1) is 36.6 Å². The average molecular weight is 657 g/mol. The van der Waals surface area contributed by atoms with E-state index in [0.29, 0.717) is 48.9 Å². The first-order chi connectivity index (χ1) is 22.2. The fraction of sp³-hybridized carbons (Fsp3) is 0.872. The summed E-state index contributed by atoms with van der Waals surface area (Å²) in [5.41, 5.74) is 5.38. The predicted octanol–water partition coefficient (Wildman–Crippen LogP) is 4.58. The minimum Gasteiger partial charge on any atom is -0.459 e. The molecule has 4 saturated carbocycles. The van der Waals surface area contributed by atoms with Gasteiger partial charge in [-0.2, -0.15) is 0 Å². The van der Waals surface area contributed by atoms with E-state index in [4.69, 9.17) is 4.74 Å². The van der Waals surface area contributed by atoms with Crippen molar-refractivity contribution in [1.82, 2.24) is 0 Å². The first-order valence-electron chi connectivity index (χ1n) is 18.9. The summed E-state index contributed by atoms with van der Waals surface area (Å²) in [7, 11) is 0. The Morgan fingerprint density at radius 2 is 1.17 bits per heavy atom. The molecule has 0 heterocycles. The second kappa shape index (κ2) is 12.5. The van der Waals surface area contributed by atoms with Gasteiger partial charge >= 0.3 is 5.97 Å². The Balaban J connectivity index is 0.000000151. The van der Waals surface area contributed by atoms with Gasteiger partial charge in [-0.1, -0.05) is 43.1 Å². The van der Waals surface area contributed by atoms with Crippen LogP contribution in [0.4, 0.5) is 0 Å². The zero-order valence-corrected chi connectivity index (χ0v) is 29.0. The Hall–Kier alpha value is -1.29. The van der Waals surface area contributed by atoms with E-state index in [-0.39, 0.29) is 53.1 Å². The van der Waals surface area contributed by atoms with Crippen molar-refractivity contribution in [1.29, 1.82) is 0 Å². The molecule has 0 bridgehead atoms. The third-order valence-corrected chi connectivity index (χ3v) is 15.2. The minimum absolute atomic E-state index is 0.00614. The topological polar surface area (TPSA) is 148 Å². The third-order valence-electron chi connectivity index (χ3n) is 15.2. The van der Waals surface area contributed by atoms with Gasteiger partial charge in [-0.05, 0) is 137 Å². The van der Waals surface area contributed by atoms with Gasteiger partial charge in [0.15, 0.2) is 0 Å². The zero-order chi connectivity index (χ0) is 33.6. The quantitative estimate of drug-likeness (QED) is 0.178. The molecule has 0 aromatic rings. The number of rotatable bonds is 1. The first-order valence-corrected chi connectivity index (χ1v) is 18.9. The van der Waals surface area contributed by atoms with E-state index in [9.17, 15) is 35.4 Å². The summed E-state index contributed by atoms with van der Waals surface area (Å²) in [6.07, 6.45) is 9.74. The number of ether oxygens (including phenoxy) is 1. The lowest BCUT2D eigenvalue weighted by Crippen LogP contribution is -2.51. The Kier molecular flexibility index (Phi) is 9.08. The van der Waals surface area contributed by atoms with Crippen LogP contribution in [0.1, 0.15) is 118 Å². The summed E-state index contributed by atoms with van der Waals surface area (Å²) < 4.78 is 5.52. The van der Waals surface area contributed by atoms with Crippen LogP contribution >= 0.6 is 0 Å². The number of carbonyl (C=O) groups is 1. The minimum atomic E-state index is -0.645. The molecule has 0 radical (unpaired) electrons. The van der Waals surface area contributed by atoms with Crippen LogP contribution in [0.25, 0.3) is 0 Å². The molecule has 16 atom stereocenters. The van der Waals surface area contributed by atoms with Crippen LogP contribution in [0.2, 0.25) is 0 Å². The highest BCUT2D eigenvalue weighted by atomic mass is 16.6. The van der Waals surface area contributed by atoms with Crippen LogP contribution in [0.3, 0.4) is 0 Å². The Labute approximate surface area is 280 Å². The van der Waals surface area contributed by atoms with Crippen molar-refractivity contribution in [2.45, 2.75) is 160 Å². The van der Waals surface area contributed by atoms with Gasteiger partial charge in [-0.3, -0.25) is 4.79 Å². The molecule has 0 aliphatic heterocycles. The number of hydrogen-bond donors (Lipinski definition) is 6. The van der Waals surface area contributed by atoms with Crippen LogP contribution in [-0.2, 0) is 9.53 Å². The van der Waals surface area contributed by atoms with Crippen molar-refractivity contribution < 1.29 is 40.2 Å². The molecule has 0 saturated heterocycles. The summed E-state index contributed by atoms with van der Waals surface area (Å²) in [4.78, 5) is 11.5. The number of fused-ring (bicyclic) bond motifs is 8. The van der Waals surface area contributed by atoms with E-state index in [1.807, 2.05) is 0 Å². The molecule has 8 aliphatic carbocycles. The van der Waals surface area contributed by atoms with Gasteiger partial charge in [-0.25, -0.2) is 0 Å². The molecule has 0 amide bonds.